The molecule has 0 bridgehead atoms. The molecule has 0 saturated carbocycles. The molecule has 0 aliphatic carbocycles. The van der Waals surface area contributed by atoms with E-state index in [0.717, 1.165) is 15.9 Å². The molecule has 1 N–H and O–H groups in total. The quantitative estimate of drug-likeness (QED) is 0.394. The van der Waals surface area contributed by atoms with Gasteiger partial charge in [0.25, 0.3) is 6.57 Å². The lowest BCUT2D eigenvalue weighted by Gasteiger charge is -2.11. The summed E-state index contributed by atoms with van der Waals surface area (Å²) >= 11 is 4.36. The predicted molar refractivity (Wildman–Crippen MR) is 111 cm³/mol. The van der Waals surface area contributed by atoms with E-state index in [9.17, 15) is 4.57 Å². The molecule has 1 aliphatic rings. The Morgan fingerprint density at radius 2 is 1.86 bits per heavy atom. The summed E-state index contributed by atoms with van der Waals surface area (Å²) in [6.07, 6.45) is 3.03. The fraction of sp³-hybridized carbons (Fsp3) is 0.600. The zero-order chi connectivity index (χ0) is 17.2. The van der Waals surface area contributed by atoms with Crippen LogP contribution in [0.3, 0.4) is 0 Å². The molecule has 0 aromatic heterocycles. The second-order valence-electron chi connectivity index (χ2n) is 5.55. The van der Waals surface area contributed by atoms with Gasteiger partial charge < -0.3 is 4.89 Å². The Morgan fingerprint density at radius 3 is 2.00 bits per heavy atom. The Kier molecular flexibility index (Phi) is 12.0. The zero-order valence-electron chi connectivity index (χ0n) is 13.8. The SMILES string of the molecule is Brc1ccccc1.CC1(C)CCSS1.CSP(=O)(O)C(C)C. The minimum Gasteiger partial charge on any atom is -0.337 e. The molecule has 1 aromatic carbocycles. The lowest BCUT2D eigenvalue weighted by atomic mass is 10.1. The smallest absolute Gasteiger partial charge is 0.257 e. The summed E-state index contributed by atoms with van der Waals surface area (Å²) in [4.78, 5) is 8.92. The van der Waals surface area contributed by atoms with E-state index in [2.05, 4.69) is 29.8 Å². The van der Waals surface area contributed by atoms with Gasteiger partial charge in [-0.2, -0.15) is 0 Å². The summed E-state index contributed by atoms with van der Waals surface area (Å²) in [6, 6.07) is 9.97. The molecule has 0 amide bonds. The Hall–Kier alpha value is 0.940. The normalized spacial score (nSPS) is 18.5. The first kappa shape index (κ1) is 22.9. The molecule has 1 aliphatic heterocycles. The average Bonchev–Trinajstić information content (AvgIpc) is 2.85. The molecule has 0 radical (unpaired) electrons. The summed E-state index contributed by atoms with van der Waals surface area (Å²) in [6.45, 7) is 5.27. The summed E-state index contributed by atoms with van der Waals surface area (Å²) in [5, 5.41) is 0. The van der Waals surface area contributed by atoms with E-state index in [-0.39, 0.29) is 5.66 Å². The van der Waals surface area contributed by atoms with E-state index in [0.29, 0.717) is 4.75 Å². The van der Waals surface area contributed by atoms with Crippen LogP contribution >= 0.6 is 55.5 Å². The molecule has 1 aromatic rings. The monoisotopic (exact) mass is 444 g/mol. The summed E-state index contributed by atoms with van der Waals surface area (Å²) < 4.78 is 12.5. The van der Waals surface area contributed by atoms with E-state index in [1.54, 1.807) is 20.1 Å². The highest BCUT2D eigenvalue weighted by atomic mass is 79.9. The molecule has 0 spiro atoms. The second-order valence-corrected chi connectivity index (χ2v) is 14.8. The second kappa shape index (κ2) is 11.5. The van der Waals surface area contributed by atoms with E-state index in [4.69, 9.17) is 4.89 Å². The van der Waals surface area contributed by atoms with E-state index in [1.165, 1.54) is 12.2 Å². The Bertz CT molecular complexity index is 447. The molecule has 1 fully saturated rings. The van der Waals surface area contributed by atoms with Gasteiger partial charge in [-0.3, -0.25) is 4.57 Å². The van der Waals surface area contributed by atoms with Crippen LogP contribution in [0.4, 0.5) is 0 Å². The van der Waals surface area contributed by atoms with Gasteiger partial charge in [0.2, 0.25) is 0 Å². The van der Waals surface area contributed by atoms with Gasteiger partial charge >= 0.3 is 0 Å². The van der Waals surface area contributed by atoms with Gasteiger partial charge in [0, 0.05) is 20.6 Å². The van der Waals surface area contributed by atoms with Crippen LogP contribution < -0.4 is 0 Å². The molecule has 1 saturated heterocycles. The minimum absolute atomic E-state index is 0.113. The highest BCUT2D eigenvalue weighted by Gasteiger charge is 2.23. The maximum absolute atomic E-state index is 10.8. The zero-order valence-corrected chi connectivity index (χ0v) is 18.7. The van der Waals surface area contributed by atoms with Crippen LogP contribution in [0, 0.1) is 0 Å². The first-order chi connectivity index (χ1) is 10.1. The fourth-order valence-electron chi connectivity index (χ4n) is 1.16. The molecule has 1 heterocycles. The number of halogens is 1. The van der Waals surface area contributed by atoms with Crippen LogP contribution in [0.5, 0.6) is 0 Å². The summed E-state index contributed by atoms with van der Waals surface area (Å²) in [7, 11) is 4.01. The van der Waals surface area contributed by atoms with Crippen LogP contribution in [-0.4, -0.2) is 27.3 Å². The van der Waals surface area contributed by atoms with Gasteiger partial charge in [-0.05, 0) is 38.7 Å². The van der Waals surface area contributed by atoms with Crippen molar-refractivity contribution in [3.63, 3.8) is 0 Å². The molecular formula is C15H26BrO2PS3. The van der Waals surface area contributed by atoms with Gasteiger partial charge in [-0.1, -0.05) is 80.9 Å². The lowest BCUT2D eigenvalue weighted by Crippen LogP contribution is -2.07. The first-order valence-corrected chi connectivity index (χ1v) is 13.7. The van der Waals surface area contributed by atoms with Crippen molar-refractivity contribution in [2.45, 2.75) is 44.5 Å². The number of hydrogen-bond donors (Lipinski definition) is 1. The van der Waals surface area contributed by atoms with Crippen molar-refractivity contribution in [2.24, 2.45) is 0 Å². The predicted octanol–water partition coefficient (Wildman–Crippen LogP) is 6.94. The van der Waals surface area contributed by atoms with Gasteiger partial charge in [-0.25, -0.2) is 0 Å². The summed E-state index contributed by atoms with van der Waals surface area (Å²) in [5.74, 6) is 1.34. The molecule has 1 unspecified atom stereocenters. The van der Waals surface area contributed by atoms with Crippen molar-refractivity contribution < 1.29 is 9.46 Å². The largest absolute Gasteiger partial charge is 0.337 e. The minimum atomic E-state index is -2.83. The molecule has 2 rings (SSSR count). The van der Waals surface area contributed by atoms with Crippen molar-refractivity contribution in [1.29, 1.82) is 0 Å². The van der Waals surface area contributed by atoms with E-state index in [1.807, 2.05) is 51.9 Å². The van der Waals surface area contributed by atoms with Gasteiger partial charge in [0.05, 0.1) is 0 Å². The maximum Gasteiger partial charge on any atom is 0.257 e. The lowest BCUT2D eigenvalue weighted by molar-refractivity contribution is 0.488. The highest BCUT2D eigenvalue weighted by Crippen LogP contribution is 2.56. The average molecular weight is 445 g/mol. The van der Waals surface area contributed by atoms with Crippen molar-refractivity contribution in [3.8, 4) is 0 Å². The molecule has 2 nitrogen and oxygen atoms in total. The van der Waals surface area contributed by atoms with Crippen LogP contribution in [-0.2, 0) is 4.57 Å². The van der Waals surface area contributed by atoms with Crippen molar-refractivity contribution >= 4 is 55.5 Å². The highest BCUT2D eigenvalue weighted by molar-refractivity contribution is 9.10. The fourth-order valence-corrected chi connectivity index (χ4v) is 6.17. The Morgan fingerprint density at radius 1 is 1.32 bits per heavy atom. The molecule has 1 atom stereocenters. The Balaban J connectivity index is 0.000000301. The standard InChI is InChI=1S/C6H5Br.C5H10S2.C4H11O2PS/c7-6-4-2-1-3-5-6;1-5(2)3-4-6-7-5;1-4(2)7(5,6)8-3/h1-5H;3-4H2,1-2H3;4H,1-3H3,(H,5,6). The molecular weight excluding hydrogens is 419 g/mol. The molecule has 7 heteroatoms. The topological polar surface area (TPSA) is 37.3 Å². The van der Waals surface area contributed by atoms with E-state index >= 15 is 0 Å². The van der Waals surface area contributed by atoms with Crippen LogP contribution in [0.25, 0.3) is 0 Å². The van der Waals surface area contributed by atoms with Gasteiger partial charge in [0.15, 0.2) is 0 Å². The maximum atomic E-state index is 10.8. The van der Waals surface area contributed by atoms with Crippen LogP contribution in [0.15, 0.2) is 34.8 Å². The third-order valence-electron chi connectivity index (χ3n) is 2.72. The van der Waals surface area contributed by atoms with Crippen molar-refractivity contribution in [1.82, 2.24) is 0 Å². The first-order valence-electron chi connectivity index (χ1n) is 7.00. The van der Waals surface area contributed by atoms with Crippen LogP contribution in [0.1, 0.15) is 34.1 Å². The number of benzene rings is 1. The summed E-state index contributed by atoms with van der Waals surface area (Å²) in [5.41, 5.74) is -0.113. The van der Waals surface area contributed by atoms with Crippen LogP contribution in [0.2, 0.25) is 0 Å². The number of rotatable bonds is 2. The number of hydrogen-bond acceptors (Lipinski definition) is 4. The Labute approximate surface area is 155 Å². The van der Waals surface area contributed by atoms with Crippen molar-refractivity contribution in [2.75, 3.05) is 12.0 Å². The molecule has 22 heavy (non-hydrogen) atoms. The molecule has 128 valence electrons. The third-order valence-corrected chi connectivity index (χ3v) is 11.3. The van der Waals surface area contributed by atoms with Crippen molar-refractivity contribution in [3.05, 3.63) is 34.8 Å². The van der Waals surface area contributed by atoms with Gasteiger partial charge in [-0.15, -0.1) is 0 Å². The van der Waals surface area contributed by atoms with Gasteiger partial charge in [0.1, 0.15) is 0 Å². The van der Waals surface area contributed by atoms with E-state index < -0.39 is 6.57 Å². The third kappa shape index (κ3) is 11.5.